The first-order valence-corrected chi connectivity index (χ1v) is 6.66. The van der Waals surface area contributed by atoms with Gasteiger partial charge in [-0.25, -0.2) is 0 Å². The van der Waals surface area contributed by atoms with Crippen LogP contribution in [0.4, 0.5) is 0 Å². The van der Waals surface area contributed by atoms with Crippen LogP contribution in [0.25, 0.3) is 0 Å². The van der Waals surface area contributed by atoms with Gasteiger partial charge in [-0.15, -0.1) is 0 Å². The fourth-order valence-electron chi connectivity index (χ4n) is 3.02. The number of carbonyl (C=O) groups is 1. The highest BCUT2D eigenvalue weighted by Crippen LogP contribution is 2.59. The summed E-state index contributed by atoms with van der Waals surface area (Å²) >= 11 is 0. The molecule has 0 aliphatic heterocycles. The Morgan fingerprint density at radius 2 is 2.24 bits per heavy atom. The Hall–Kier alpha value is -1.05. The van der Waals surface area contributed by atoms with Gasteiger partial charge >= 0.3 is 0 Å². The highest BCUT2D eigenvalue weighted by Gasteiger charge is 2.54. The smallest absolute Gasteiger partial charge is 0.219 e. The van der Waals surface area contributed by atoms with E-state index in [2.05, 4.69) is 38.2 Å². The standard InChI is InChI=1S/C15H23NO/c1-4-16(12(2)17)11-14-10-15(14,3)13-8-6-5-7-9-13/h5-8,13-14H,4,9-11H2,1-3H3. The van der Waals surface area contributed by atoms with Crippen LogP contribution in [-0.2, 0) is 4.79 Å². The first-order chi connectivity index (χ1) is 8.08. The van der Waals surface area contributed by atoms with E-state index >= 15 is 0 Å². The molecule has 2 heteroatoms. The number of hydrogen-bond donors (Lipinski definition) is 0. The summed E-state index contributed by atoms with van der Waals surface area (Å²) in [7, 11) is 0. The molecule has 0 heterocycles. The van der Waals surface area contributed by atoms with Gasteiger partial charge in [0.25, 0.3) is 0 Å². The van der Waals surface area contributed by atoms with Gasteiger partial charge in [-0.2, -0.15) is 0 Å². The van der Waals surface area contributed by atoms with E-state index in [0.29, 0.717) is 17.3 Å². The van der Waals surface area contributed by atoms with Crippen molar-refractivity contribution in [3.8, 4) is 0 Å². The topological polar surface area (TPSA) is 20.3 Å². The van der Waals surface area contributed by atoms with Gasteiger partial charge in [0.2, 0.25) is 5.91 Å². The molecule has 3 unspecified atom stereocenters. The van der Waals surface area contributed by atoms with E-state index in [-0.39, 0.29) is 5.91 Å². The Labute approximate surface area is 104 Å². The highest BCUT2D eigenvalue weighted by atomic mass is 16.2. The number of amides is 1. The number of rotatable bonds is 4. The van der Waals surface area contributed by atoms with Crippen LogP contribution in [0.2, 0.25) is 0 Å². The molecule has 0 N–H and O–H groups in total. The molecule has 2 nitrogen and oxygen atoms in total. The van der Waals surface area contributed by atoms with E-state index in [1.165, 1.54) is 6.42 Å². The molecular weight excluding hydrogens is 210 g/mol. The second kappa shape index (κ2) is 4.67. The zero-order valence-corrected chi connectivity index (χ0v) is 11.1. The quantitative estimate of drug-likeness (QED) is 0.731. The number of allylic oxidation sites excluding steroid dienone is 4. The lowest BCUT2D eigenvalue weighted by Crippen LogP contribution is -2.32. The number of nitrogens with zero attached hydrogens (tertiary/aromatic N) is 1. The van der Waals surface area contributed by atoms with Crippen LogP contribution >= 0.6 is 0 Å². The minimum Gasteiger partial charge on any atom is -0.343 e. The SMILES string of the molecule is CCN(CC1CC1(C)C1C=CC=CC1)C(C)=O. The predicted molar refractivity (Wildman–Crippen MR) is 70.5 cm³/mol. The molecule has 0 bridgehead atoms. The van der Waals surface area contributed by atoms with E-state index in [4.69, 9.17) is 0 Å². The zero-order valence-electron chi connectivity index (χ0n) is 11.1. The minimum absolute atomic E-state index is 0.209. The summed E-state index contributed by atoms with van der Waals surface area (Å²) in [4.78, 5) is 13.4. The highest BCUT2D eigenvalue weighted by molar-refractivity contribution is 5.73. The summed E-state index contributed by atoms with van der Waals surface area (Å²) in [6.07, 6.45) is 11.3. The maximum absolute atomic E-state index is 11.4. The molecule has 0 aromatic heterocycles. The van der Waals surface area contributed by atoms with Crippen molar-refractivity contribution in [3.05, 3.63) is 24.3 Å². The van der Waals surface area contributed by atoms with Crippen molar-refractivity contribution in [2.24, 2.45) is 17.3 Å². The van der Waals surface area contributed by atoms with Gasteiger partial charge in [0.15, 0.2) is 0 Å². The van der Waals surface area contributed by atoms with Gasteiger partial charge in [0.1, 0.15) is 0 Å². The summed E-state index contributed by atoms with van der Waals surface area (Å²) in [5, 5.41) is 0. The summed E-state index contributed by atoms with van der Waals surface area (Å²) in [5.41, 5.74) is 0.421. The zero-order chi connectivity index (χ0) is 12.5. The Kier molecular flexibility index (Phi) is 3.41. The third kappa shape index (κ3) is 2.46. The van der Waals surface area contributed by atoms with Gasteiger partial charge in [-0.3, -0.25) is 4.79 Å². The molecule has 0 aromatic carbocycles. The van der Waals surface area contributed by atoms with Crippen LogP contribution < -0.4 is 0 Å². The van der Waals surface area contributed by atoms with Gasteiger partial charge in [-0.05, 0) is 37.0 Å². The van der Waals surface area contributed by atoms with E-state index in [1.54, 1.807) is 6.92 Å². The Morgan fingerprint density at radius 3 is 2.76 bits per heavy atom. The average molecular weight is 233 g/mol. The molecule has 0 aromatic rings. The van der Waals surface area contributed by atoms with Gasteiger partial charge in [-0.1, -0.05) is 31.2 Å². The molecule has 1 saturated carbocycles. The van der Waals surface area contributed by atoms with Gasteiger partial charge < -0.3 is 4.90 Å². The van der Waals surface area contributed by atoms with Crippen molar-refractivity contribution >= 4 is 5.91 Å². The maximum atomic E-state index is 11.4. The first kappa shape index (κ1) is 12.4. The summed E-state index contributed by atoms with van der Waals surface area (Å²) < 4.78 is 0. The molecule has 0 spiro atoms. The van der Waals surface area contributed by atoms with E-state index < -0.39 is 0 Å². The molecule has 0 radical (unpaired) electrons. The molecule has 1 fully saturated rings. The molecule has 17 heavy (non-hydrogen) atoms. The molecule has 0 saturated heterocycles. The fraction of sp³-hybridized carbons (Fsp3) is 0.667. The third-order valence-electron chi connectivity index (χ3n) is 4.55. The lowest BCUT2D eigenvalue weighted by Gasteiger charge is -2.25. The van der Waals surface area contributed by atoms with E-state index in [0.717, 1.165) is 19.5 Å². The Bertz CT molecular complexity index is 358. The van der Waals surface area contributed by atoms with Crippen LogP contribution in [0, 0.1) is 17.3 Å². The fourth-order valence-corrected chi connectivity index (χ4v) is 3.02. The van der Waals surface area contributed by atoms with Crippen molar-refractivity contribution in [1.82, 2.24) is 4.90 Å². The predicted octanol–water partition coefficient (Wildman–Crippen LogP) is 3.01. The van der Waals surface area contributed by atoms with Crippen LogP contribution in [0.1, 0.15) is 33.6 Å². The van der Waals surface area contributed by atoms with Crippen LogP contribution in [-0.4, -0.2) is 23.9 Å². The average Bonchev–Trinajstić information content (AvgIpc) is 2.99. The Morgan fingerprint density at radius 1 is 1.47 bits per heavy atom. The molecule has 2 aliphatic carbocycles. The van der Waals surface area contributed by atoms with E-state index in [9.17, 15) is 4.79 Å². The van der Waals surface area contributed by atoms with Crippen molar-refractivity contribution in [2.75, 3.05) is 13.1 Å². The monoisotopic (exact) mass is 233 g/mol. The van der Waals surface area contributed by atoms with Gasteiger partial charge in [0, 0.05) is 20.0 Å². The Balaban J connectivity index is 1.92. The van der Waals surface area contributed by atoms with Crippen LogP contribution in [0.3, 0.4) is 0 Å². The van der Waals surface area contributed by atoms with Crippen LogP contribution in [0.5, 0.6) is 0 Å². The van der Waals surface area contributed by atoms with Gasteiger partial charge in [0.05, 0.1) is 0 Å². The number of hydrogen-bond acceptors (Lipinski definition) is 1. The minimum atomic E-state index is 0.209. The van der Waals surface area contributed by atoms with Crippen molar-refractivity contribution in [3.63, 3.8) is 0 Å². The normalized spacial score (nSPS) is 34.8. The first-order valence-electron chi connectivity index (χ1n) is 6.66. The largest absolute Gasteiger partial charge is 0.343 e. The number of carbonyl (C=O) groups excluding carboxylic acids is 1. The van der Waals surface area contributed by atoms with Crippen molar-refractivity contribution in [1.29, 1.82) is 0 Å². The summed E-state index contributed by atoms with van der Waals surface area (Å²) in [6.45, 7) is 7.88. The lowest BCUT2D eigenvalue weighted by atomic mass is 9.83. The van der Waals surface area contributed by atoms with E-state index in [1.807, 2.05) is 4.90 Å². The maximum Gasteiger partial charge on any atom is 0.219 e. The molecule has 94 valence electrons. The van der Waals surface area contributed by atoms with Crippen molar-refractivity contribution < 1.29 is 4.79 Å². The van der Waals surface area contributed by atoms with Crippen LogP contribution in [0.15, 0.2) is 24.3 Å². The lowest BCUT2D eigenvalue weighted by molar-refractivity contribution is -0.129. The third-order valence-corrected chi connectivity index (χ3v) is 4.55. The molecule has 2 rings (SSSR count). The summed E-state index contributed by atoms with van der Waals surface area (Å²) in [5.74, 6) is 1.57. The molecule has 3 atom stereocenters. The second-order valence-electron chi connectivity index (χ2n) is 5.62. The summed E-state index contributed by atoms with van der Waals surface area (Å²) in [6, 6.07) is 0. The second-order valence-corrected chi connectivity index (χ2v) is 5.62. The molecular formula is C15H23NO. The molecule has 1 amide bonds. The van der Waals surface area contributed by atoms with Crippen molar-refractivity contribution in [2.45, 2.75) is 33.6 Å². The molecule has 2 aliphatic rings.